The van der Waals surface area contributed by atoms with E-state index in [4.69, 9.17) is 0 Å². The van der Waals surface area contributed by atoms with Crippen molar-refractivity contribution in [1.29, 1.82) is 0 Å². The van der Waals surface area contributed by atoms with Crippen molar-refractivity contribution in [2.45, 2.75) is 19.5 Å². The highest BCUT2D eigenvalue weighted by Gasteiger charge is 2.13. The molecule has 0 aliphatic carbocycles. The highest BCUT2D eigenvalue weighted by molar-refractivity contribution is 5.60. The Kier molecular flexibility index (Phi) is 3.51. The lowest BCUT2D eigenvalue weighted by Crippen LogP contribution is -2.19. The molecule has 2 heterocycles. The van der Waals surface area contributed by atoms with Crippen LogP contribution in [-0.2, 0) is 6.54 Å². The van der Waals surface area contributed by atoms with E-state index in [0.717, 1.165) is 22.8 Å². The monoisotopic (exact) mass is 269 g/mol. The van der Waals surface area contributed by atoms with Gasteiger partial charge in [0.15, 0.2) is 0 Å². The van der Waals surface area contributed by atoms with Crippen LogP contribution in [0.5, 0.6) is 0 Å². The minimum Gasteiger partial charge on any atom is -0.302 e. The maximum Gasteiger partial charge on any atom is 0.141 e. The van der Waals surface area contributed by atoms with Crippen LogP contribution < -0.4 is 5.32 Å². The molecule has 1 unspecified atom stereocenters. The van der Waals surface area contributed by atoms with E-state index in [-0.39, 0.29) is 6.04 Å². The Hall–Kier alpha value is -2.54. The molecule has 102 valence electrons. The van der Waals surface area contributed by atoms with Crippen LogP contribution in [0, 0.1) is 0 Å². The van der Waals surface area contributed by atoms with Crippen molar-refractivity contribution in [3.8, 4) is 11.3 Å². The van der Waals surface area contributed by atoms with Gasteiger partial charge in [-0.1, -0.05) is 30.3 Å². The van der Waals surface area contributed by atoms with Gasteiger partial charge in [-0.05, 0) is 6.92 Å². The van der Waals surface area contributed by atoms with E-state index in [1.165, 1.54) is 6.33 Å². The first-order chi connectivity index (χ1) is 9.84. The molecule has 0 radical (unpaired) electrons. The highest BCUT2D eigenvalue weighted by atomic mass is 15.3. The van der Waals surface area contributed by atoms with Crippen LogP contribution in [0.25, 0.3) is 11.3 Å². The summed E-state index contributed by atoms with van der Waals surface area (Å²) in [7, 11) is 0. The van der Waals surface area contributed by atoms with Gasteiger partial charge in [-0.2, -0.15) is 20.5 Å². The van der Waals surface area contributed by atoms with Crippen LogP contribution in [-0.4, -0.2) is 30.6 Å². The minimum atomic E-state index is 0.0674. The molecule has 0 aliphatic heterocycles. The second-order valence-electron chi connectivity index (χ2n) is 4.46. The van der Waals surface area contributed by atoms with E-state index in [1.807, 2.05) is 37.3 Å². The number of hydrogen-bond donors (Lipinski definition) is 3. The van der Waals surface area contributed by atoms with Gasteiger partial charge in [-0.25, -0.2) is 4.98 Å². The molecule has 3 aromatic rings. The SMILES string of the molecule is CC(NCc1n[nH]nc1-c1ccccc1)c1ncn[nH]1. The van der Waals surface area contributed by atoms with Crippen LogP contribution in [0.15, 0.2) is 36.7 Å². The fourth-order valence-corrected chi connectivity index (χ4v) is 1.97. The third-order valence-electron chi connectivity index (χ3n) is 3.09. The molecule has 2 aromatic heterocycles. The van der Waals surface area contributed by atoms with Crippen LogP contribution in [0.1, 0.15) is 24.5 Å². The average Bonchev–Trinajstić information content (AvgIpc) is 3.17. The van der Waals surface area contributed by atoms with Gasteiger partial charge in [-0.3, -0.25) is 5.10 Å². The number of rotatable bonds is 5. The van der Waals surface area contributed by atoms with E-state index in [1.54, 1.807) is 0 Å². The molecule has 1 atom stereocenters. The predicted octanol–water partition coefficient (Wildman–Crippen LogP) is 1.44. The van der Waals surface area contributed by atoms with Gasteiger partial charge >= 0.3 is 0 Å². The molecule has 0 fully saturated rings. The van der Waals surface area contributed by atoms with Crippen LogP contribution in [0.3, 0.4) is 0 Å². The van der Waals surface area contributed by atoms with Crippen molar-refractivity contribution in [3.63, 3.8) is 0 Å². The van der Waals surface area contributed by atoms with E-state index >= 15 is 0 Å². The summed E-state index contributed by atoms with van der Waals surface area (Å²) in [5.74, 6) is 0.801. The average molecular weight is 269 g/mol. The highest BCUT2D eigenvalue weighted by Crippen LogP contribution is 2.19. The maximum atomic E-state index is 4.22. The molecule has 7 nitrogen and oxygen atoms in total. The molecule has 3 N–H and O–H groups in total. The number of aromatic nitrogens is 6. The number of nitrogens with one attached hydrogen (secondary N) is 3. The Balaban J connectivity index is 1.72. The van der Waals surface area contributed by atoms with Crippen molar-refractivity contribution in [3.05, 3.63) is 48.2 Å². The summed E-state index contributed by atoms with van der Waals surface area (Å²) >= 11 is 0. The zero-order valence-corrected chi connectivity index (χ0v) is 11.0. The fourth-order valence-electron chi connectivity index (χ4n) is 1.97. The molecule has 3 rings (SSSR count). The predicted molar refractivity (Wildman–Crippen MR) is 73.5 cm³/mol. The molecule has 20 heavy (non-hydrogen) atoms. The first kappa shape index (κ1) is 12.5. The van der Waals surface area contributed by atoms with Crippen molar-refractivity contribution in [2.24, 2.45) is 0 Å². The molecule has 0 saturated carbocycles. The zero-order chi connectivity index (χ0) is 13.8. The molecule has 0 amide bonds. The van der Waals surface area contributed by atoms with Crippen molar-refractivity contribution < 1.29 is 0 Å². The van der Waals surface area contributed by atoms with Crippen LogP contribution >= 0.6 is 0 Å². The standard InChI is InChI=1S/C13H15N7/c1-9(13-15-8-16-19-13)14-7-11-12(18-20-17-11)10-5-3-2-4-6-10/h2-6,8-9,14H,7H2,1H3,(H,15,16,19)(H,17,18,20). The third kappa shape index (κ3) is 2.57. The Morgan fingerprint density at radius 3 is 2.80 bits per heavy atom. The number of aromatic amines is 2. The van der Waals surface area contributed by atoms with Gasteiger partial charge < -0.3 is 5.32 Å². The van der Waals surface area contributed by atoms with Gasteiger partial charge in [0, 0.05) is 12.1 Å². The Morgan fingerprint density at radius 1 is 1.20 bits per heavy atom. The van der Waals surface area contributed by atoms with Gasteiger partial charge in [0.25, 0.3) is 0 Å². The van der Waals surface area contributed by atoms with Gasteiger partial charge in [0.2, 0.25) is 0 Å². The number of H-pyrrole nitrogens is 2. The lowest BCUT2D eigenvalue weighted by Gasteiger charge is -2.09. The molecular formula is C13H15N7. The van der Waals surface area contributed by atoms with Crippen LogP contribution in [0.4, 0.5) is 0 Å². The van der Waals surface area contributed by atoms with Gasteiger partial charge in [0.05, 0.1) is 6.04 Å². The first-order valence-corrected chi connectivity index (χ1v) is 6.38. The quantitative estimate of drug-likeness (QED) is 0.651. The summed E-state index contributed by atoms with van der Waals surface area (Å²) < 4.78 is 0. The molecule has 0 saturated heterocycles. The summed E-state index contributed by atoms with van der Waals surface area (Å²) in [6, 6.07) is 10.0. The van der Waals surface area contributed by atoms with E-state index in [0.29, 0.717) is 6.54 Å². The fraction of sp³-hybridized carbons (Fsp3) is 0.231. The topological polar surface area (TPSA) is 95.2 Å². The summed E-state index contributed by atoms with van der Waals surface area (Å²) in [5, 5.41) is 21.1. The molecule has 7 heteroatoms. The van der Waals surface area contributed by atoms with Gasteiger partial charge in [0.1, 0.15) is 23.5 Å². The molecule has 1 aromatic carbocycles. The summed E-state index contributed by atoms with van der Waals surface area (Å²) in [4.78, 5) is 4.12. The summed E-state index contributed by atoms with van der Waals surface area (Å²) in [6.45, 7) is 2.62. The molecule has 0 aliphatic rings. The second kappa shape index (κ2) is 5.62. The summed E-state index contributed by atoms with van der Waals surface area (Å²) in [6.07, 6.45) is 1.50. The van der Waals surface area contributed by atoms with Gasteiger partial charge in [-0.15, -0.1) is 0 Å². The largest absolute Gasteiger partial charge is 0.302 e. The Labute approximate surface area is 115 Å². The minimum absolute atomic E-state index is 0.0674. The lowest BCUT2D eigenvalue weighted by atomic mass is 10.1. The smallest absolute Gasteiger partial charge is 0.141 e. The second-order valence-corrected chi connectivity index (χ2v) is 4.46. The molecular weight excluding hydrogens is 254 g/mol. The van der Waals surface area contributed by atoms with Crippen molar-refractivity contribution in [2.75, 3.05) is 0 Å². The molecule has 0 spiro atoms. The van der Waals surface area contributed by atoms with Crippen molar-refractivity contribution in [1.82, 2.24) is 35.9 Å². The number of hydrogen-bond acceptors (Lipinski definition) is 5. The van der Waals surface area contributed by atoms with E-state index < -0.39 is 0 Å². The lowest BCUT2D eigenvalue weighted by molar-refractivity contribution is 0.542. The van der Waals surface area contributed by atoms with Crippen molar-refractivity contribution >= 4 is 0 Å². The third-order valence-corrected chi connectivity index (χ3v) is 3.09. The Morgan fingerprint density at radius 2 is 2.05 bits per heavy atom. The first-order valence-electron chi connectivity index (χ1n) is 6.38. The maximum absolute atomic E-state index is 4.22. The summed E-state index contributed by atoms with van der Waals surface area (Å²) in [5.41, 5.74) is 2.79. The number of nitrogens with zero attached hydrogens (tertiary/aromatic N) is 4. The van der Waals surface area contributed by atoms with Crippen LogP contribution in [0.2, 0.25) is 0 Å². The zero-order valence-electron chi connectivity index (χ0n) is 11.0. The molecule has 0 bridgehead atoms. The van der Waals surface area contributed by atoms with E-state index in [2.05, 4.69) is 35.9 Å². The normalized spacial score (nSPS) is 12.4. The Bertz CT molecular complexity index is 644. The van der Waals surface area contributed by atoms with E-state index in [9.17, 15) is 0 Å². The number of benzene rings is 1.